The Morgan fingerprint density at radius 2 is 1.95 bits per heavy atom. The molecule has 0 fully saturated rings. The summed E-state index contributed by atoms with van der Waals surface area (Å²) in [5.74, 6) is -0.0401. The average Bonchev–Trinajstić information content (AvgIpc) is 2.44. The van der Waals surface area contributed by atoms with Crippen LogP contribution >= 0.6 is 0 Å². The summed E-state index contributed by atoms with van der Waals surface area (Å²) in [6, 6.07) is 13.6. The van der Waals surface area contributed by atoms with Gasteiger partial charge in [0.15, 0.2) is 0 Å². The first-order valence-electron chi connectivity index (χ1n) is 6.88. The molecule has 3 N–H and O–H groups in total. The van der Waals surface area contributed by atoms with Crippen LogP contribution < -0.4 is 11.1 Å². The Hall–Kier alpha value is -2.49. The maximum atomic E-state index is 12.2. The smallest absolute Gasteiger partial charge is 0.255 e. The van der Waals surface area contributed by atoms with Crippen molar-refractivity contribution in [2.24, 2.45) is 0 Å². The lowest BCUT2D eigenvalue weighted by atomic mass is 10.1. The number of anilines is 2. The Bertz CT molecular complexity index is 650. The van der Waals surface area contributed by atoms with E-state index < -0.39 is 0 Å². The molecule has 4 nitrogen and oxygen atoms in total. The molecule has 2 aromatic carbocycles. The highest BCUT2D eigenvalue weighted by Gasteiger charge is 2.13. The minimum atomic E-state index is -0.0401. The second kappa shape index (κ2) is 6.31. The number of hydrogen-bond donors (Lipinski definition) is 2. The highest BCUT2D eigenvalue weighted by atomic mass is 16.2. The largest absolute Gasteiger partial charge is 0.399 e. The number of amides is 1. The van der Waals surface area contributed by atoms with Gasteiger partial charge >= 0.3 is 0 Å². The fourth-order valence-corrected chi connectivity index (χ4v) is 2.15. The topological polar surface area (TPSA) is 58.4 Å². The normalized spacial score (nSPS) is 10.2. The van der Waals surface area contributed by atoms with Crippen LogP contribution in [-0.2, 0) is 6.54 Å². The number of rotatable bonds is 4. The van der Waals surface area contributed by atoms with E-state index in [4.69, 9.17) is 5.73 Å². The van der Waals surface area contributed by atoms with E-state index in [2.05, 4.69) is 30.4 Å². The lowest BCUT2D eigenvalue weighted by molar-refractivity contribution is 0.0828. The van der Waals surface area contributed by atoms with E-state index in [1.165, 1.54) is 11.1 Å². The van der Waals surface area contributed by atoms with Gasteiger partial charge in [0.05, 0.1) is 5.56 Å². The molecule has 0 atom stereocenters. The Labute approximate surface area is 125 Å². The quantitative estimate of drug-likeness (QED) is 0.848. The minimum Gasteiger partial charge on any atom is -0.399 e. The van der Waals surface area contributed by atoms with Gasteiger partial charge in [-0.1, -0.05) is 29.8 Å². The van der Waals surface area contributed by atoms with Crippen molar-refractivity contribution in [3.05, 3.63) is 59.2 Å². The maximum Gasteiger partial charge on any atom is 0.255 e. The van der Waals surface area contributed by atoms with Crippen LogP contribution in [0.25, 0.3) is 0 Å². The predicted octanol–water partition coefficient (Wildman–Crippen LogP) is 2.89. The molecule has 0 aliphatic rings. The third-order valence-electron chi connectivity index (χ3n) is 3.25. The first-order chi connectivity index (χ1) is 9.97. The molecule has 0 radical (unpaired) electrons. The molecule has 0 saturated carbocycles. The van der Waals surface area contributed by atoms with Gasteiger partial charge in [0.25, 0.3) is 5.91 Å². The summed E-state index contributed by atoms with van der Waals surface area (Å²) in [6.07, 6.45) is 0. The molecule has 0 aliphatic heterocycles. The van der Waals surface area contributed by atoms with Gasteiger partial charge < -0.3 is 16.0 Å². The summed E-state index contributed by atoms with van der Waals surface area (Å²) in [6.45, 7) is 2.71. The Morgan fingerprint density at radius 3 is 2.62 bits per heavy atom. The van der Waals surface area contributed by atoms with Crippen molar-refractivity contribution in [3.63, 3.8) is 0 Å². The third kappa shape index (κ3) is 3.75. The number of hydrogen-bond acceptors (Lipinski definition) is 3. The van der Waals surface area contributed by atoms with Crippen LogP contribution in [0.1, 0.15) is 21.5 Å². The van der Waals surface area contributed by atoms with Crippen molar-refractivity contribution in [2.75, 3.05) is 25.1 Å². The van der Waals surface area contributed by atoms with Gasteiger partial charge in [-0.15, -0.1) is 0 Å². The van der Waals surface area contributed by atoms with Crippen molar-refractivity contribution < 1.29 is 4.79 Å². The van der Waals surface area contributed by atoms with E-state index in [1.807, 2.05) is 6.07 Å². The Morgan fingerprint density at radius 1 is 1.19 bits per heavy atom. The van der Waals surface area contributed by atoms with Gasteiger partial charge in [-0.2, -0.15) is 0 Å². The molecule has 0 heterocycles. The number of benzene rings is 2. The Kier molecular flexibility index (Phi) is 4.48. The zero-order valence-electron chi connectivity index (χ0n) is 12.7. The molecule has 2 rings (SSSR count). The van der Waals surface area contributed by atoms with Crippen molar-refractivity contribution in [1.29, 1.82) is 0 Å². The molecule has 0 unspecified atom stereocenters. The summed E-state index contributed by atoms with van der Waals surface area (Å²) in [7, 11) is 3.48. The summed E-state index contributed by atoms with van der Waals surface area (Å²) in [5, 5.41) is 3.31. The zero-order valence-corrected chi connectivity index (χ0v) is 12.7. The minimum absolute atomic E-state index is 0.0401. The molecule has 0 spiro atoms. The number of carbonyl (C=O) groups excluding carboxylic acids is 1. The van der Waals surface area contributed by atoms with E-state index in [0.717, 1.165) is 5.69 Å². The highest BCUT2D eigenvalue weighted by Crippen LogP contribution is 2.21. The van der Waals surface area contributed by atoms with Crippen molar-refractivity contribution in [2.45, 2.75) is 13.5 Å². The number of nitrogens with two attached hydrogens (primary N) is 1. The lowest BCUT2D eigenvalue weighted by Crippen LogP contribution is -2.23. The number of carbonyl (C=O) groups is 1. The number of nitrogen functional groups attached to an aromatic ring is 1. The molecule has 110 valence electrons. The van der Waals surface area contributed by atoms with E-state index in [0.29, 0.717) is 17.8 Å². The molecule has 2 aromatic rings. The zero-order chi connectivity index (χ0) is 15.4. The van der Waals surface area contributed by atoms with Gasteiger partial charge in [-0.3, -0.25) is 4.79 Å². The van der Waals surface area contributed by atoms with Gasteiger partial charge in [0.1, 0.15) is 0 Å². The number of nitrogens with one attached hydrogen (secondary N) is 1. The second-order valence-electron chi connectivity index (χ2n) is 5.35. The average molecular weight is 283 g/mol. The fraction of sp³-hybridized carbons (Fsp3) is 0.235. The Balaban J connectivity index is 2.22. The standard InChI is InChI=1S/C17H21N3O/c1-12-5-4-6-13(9-12)11-19-16-10-14(18)7-8-15(16)17(21)20(2)3/h4-10,19H,11,18H2,1-3H3. The van der Waals surface area contributed by atoms with Crippen LogP contribution in [-0.4, -0.2) is 24.9 Å². The predicted molar refractivity (Wildman–Crippen MR) is 87.4 cm³/mol. The summed E-state index contributed by atoms with van der Waals surface area (Å²) < 4.78 is 0. The highest BCUT2D eigenvalue weighted by molar-refractivity contribution is 5.99. The molecule has 0 aliphatic carbocycles. The molecular formula is C17H21N3O. The number of aryl methyl sites for hydroxylation is 1. The van der Waals surface area contributed by atoms with Crippen LogP contribution in [0.4, 0.5) is 11.4 Å². The van der Waals surface area contributed by atoms with Gasteiger partial charge in [-0.05, 0) is 30.7 Å². The van der Waals surface area contributed by atoms with E-state index in [-0.39, 0.29) is 5.91 Å². The first-order valence-corrected chi connectivity index (χ1v) is 6.88. The monoisotopic (exact) mass is 283 g/mol. The van der Waals surface area contributed by atoms with Gasteiger partial charge in [0, 0.05) is 32.0 Å². The second-order valence-corrected chi connectivity index (χ2v) is 5.35. The lowest BCUT2D eigenvalue weighted by Gasteiger charge is -2.16. The SMILES string of the molecule is Cc1cccc(CNc2cc(N)ccc2C(=O)N(C)C)c1. The molecule has 21 heavy (non-hydrogen) atoms. The molecule has 0 bridgehead atoms. The fourth-order valence-electron chi connectivity index (χ4n) is 2.15. The number of nitrogens with zero attached hydrogens (tertiary/aromatic N) is 1. The molecule has 0 saturated heterocycles. The summed E-state index contributed by atoms with van der Waals surface area (Å²) in [5.41, 5.74) is 10.2. The van der Waals surface area contributed by atoms with Crippen LogP contribution in [0.2, 0.25) is 0 Å². The molecule has 1 amide bonds. The van der Waals surface area contributed by atoms with Crippen LogP contribution in [0.5, 0.6) is 0 Å². The molecule has 0 aromatic heterocycles. The molecule has 4 heteroatoms. The van der Waals surface area contributed by atoms with Gasteiger partial charge in [-0.25, -0.2) is 0 Å². The molecular weight excluding hydrogens is 262 g/mol. The van der Waals surface area contributed by atoms with Crippen LogP contribution in [0.3, 0.4) is 0 Å². The van der Waals surface area contributed by atoms with E-state index in [1.54, 1.807) is 37.2 Å². The first kappa shape index (κ1) is 14.9. The van der Waals surface area contributed by atoms with Crippen LogP contribution in [0.15, 0.2) is 42.5 Å². The van der Waals surface area contributed by atoms with Crippen molar-refractivity contribution in [1.82, 2.24) is 4.90 Å². The maximum absolute atomic E-state index is 12.2. The van der Waals surface area contributed by atoms with Gasteiger partial charge in [0.2, 0.25) is 0 Å². The van der Waals surface area contributed by atoms with Crippen LogP contribution in [0, 0.1) is 6.92 Å². The third-order valence-corrected chi connectivity index (χ3v) is 3.25. The summed E-state index contributed by atoms with van der Waals surface area (Å²) >= 11 is 0. The van der Waals surface area contributed by atoms with Crippen molar-refractivity contribution >= 4 is 17.3 Å². The summed E-state index contributed by atoms with van der Waals surface area (Å²) in [4.78, 5) is 13.7. The van der Waals surface area contributed by atoms with E-state index >= 15 is 0 Å². The van der Waals surface area contributed by atoms with E-state index in [9.17, 15) is 4.79 Å². The van der Waals surface area contributed by atoms with Crippen molar-refractivity contribution in [3.8, 4) is 0 Å².